The Labute approximate surface area is 74.2 Å². The van der Waals surface area contributed by atoms with Crippen LogP contribution in [0, 0.1) is 11.8 Å². The van der Waals surface area contributed by atoms with Crippen LogP contribution in [-0.4, -0.2) is 16.7 Å². The largest absolute Gasteiger partial charge is 0.396 e. The lowest BCUT2D eigenvalue weighted by Crippen LogP contribution is -2.13. The minimum absolute atomic E-state index is 0.0971. The summed E-state index contributed by atoms with van der Waals surface area (Å²) in [6, 6.07) is 0.482. The van der Waals surface area contributed by atoms with E-state index in [4.69, 9.17) is 10.8 Å². The molecular weight excluding hydrogens is 178 g/mol. The summed E-state index contributed by atoms with van der Waals surface area (Å²) in [6.45, 7) is -0.0971. The Balaban J connectivity index is 2.84. The smallest absolute Gasteiger partial charge is 0.248 e. The number of aliphatic hydroxyl groups excluding tert-OH is 1. The van der Waals surface area contributed by atoms with Gasteiger partial charge in [-0.05, 0) is 18.1 Å². The van der Waals surface area contributed by atoms with E-state index in [1.54, 1.807) is 0 Å². The second kappa shape index (κ2) is 4.25. The number of nitrogens with zero attached hydrogens (tertiary/aromatic N) is 1. The first-order valence-electron chi connectivity index (χ1n) is 3.82. The van der Waals surface area contributed by atoms with Crippen LogP contribution in [0.2, 0.25) is 0 Å². The zero-order valence-electron chi connectivity index (χ0n) is 6.87. The average molecular weight is 188 g/mol. The quantitative estimate of drug-likeness (QED) is 0.688. The fraction of sp³-hybridized carbons (Fsp3) is 0.375. The molecule has 13 heavy (non-hydrogen) atoms. The standard InChI is InChI=1S/C8H10F2N2O/c9-6-3-5(4-12-8(6)10)7(11)1-2-13/h3-4,7,13H,1-2,11H2. The maximum atomic E-state index is 12.6. The Hall–Kier alpha value is -1.07. The molecule has 0 fully saturated rings. The zero-order chi connectivity index (χ0) is 9.84. The maximum Gasteiger partial charge on any atom is 0.248 e. The van der Waals surface area contributed by atoms with Crippen molar-refractivity contribution in [1.29, 1.82) is 0 Å². The van der Waals surface area contributed by atoms with E-state index in [9.17, 15) is 8.78 Å². The van der Waals surface area contributed by atoms with E-state index in [0.29, 0.717) is 12.0 Å². The number of rotatable bonds is 3. The minimum Gasteiger partial charge on any atom is -0.396 e. The van der Waals surface area contributed by atoms with Crippen molar-refractivity contribution in [2.45, 2.75) is 12.5 Å². The number of pyridine rings is 1. The first-order chi connectivity index (χ1) is 6.15. The molecule has 1 aromatic heterocycles. The first-order valence-corrected chi connectivity index (χ1v) is 3.82. The summed E-state index contributed by atoms with van der Waals surface area (Å²) in [5.41, 5.74) is 5.92. The summed E-state index contributed by atoms with van der Waals surface area (Å²) in [4.78, 5) is 3.18. The third kappa shape index (κ3) is 2.43. The lowest BCUT2D eigenvalue weighted by atomic mass is 10.1. The highest BCUT2D eigenvalue weighted by Gasteiger charge is 2.09. The van der Waals surface area contributed by atoms with Crippen molar-refractivity contribution in [3.8, 4) is 0 Å². The summed E-state index contributed by atoms with van der Waals surface area (Å²) in [5, 5.41) is 8.55. The van der Waals surface area contributed by atoms with Crippen LogP contribution in [-0.2, 0) is 0 Å². The summed E-state index contributed by atoms with van der Waals surface area (Å²) < 4.78 is 25.0. The second-order valence-corrected chi connectivity index (χ2v) is 2.66. The molecule has 0 aromatic carbocycles. The molecule has 0 spiro atoms. The van der Waals surface area contributed by atoms with Gasteiger partial charge >= 0.3 is 0 Å². The molecule has 72 valence electrons. The van der Waals surface area contributed by atoms with Gasteiger partial charge in [-0.2, -0.15) is 4.39 Å². The van der Waals surface area contributed by atoms with Crippen LogP contribution in [0.3, 0.4) is 0 Å². The summed E-state index contributed by atoms with van der Waals surface area (Å²) in [6.07, 6.45) is 1.46. The van der Waals surface area contributed by atoms with Gasteiger partial charge in [0.25, 0.3) is 0 Å². The molecule has 0 aliphatic heterocycles. The molecule has 0 saturated heterocycles. The van der Waals surface area contributed by atoms with Gasteiger partial charge in [-0.15, -0.1) is 0 Å². The van der Waals surface area contributed by atoms with E-state index in [0.717, 1.165) is 6.07 Å². The van der Waals surface area contributed by atoms with Gasteiger partial charge < -0.3 is 10.8 Å². The average Bonchev–Trinajstić information content (AvgIpc) is 2.10. The molecule has 0 aliphatic rings. The van der Waals surface area contributed by atoms with Gasteiger partial charge in [-0.3, -0.25) is 0 Å². The molecule has 1 unspecified atom stereocenters. The summed E-state index contributed by atoms with van der Waals surface area (Å²) >= 11 is 0. The number of halogens is 2. The highest BCUT2D eigenvalue weighted by Crippen LogP contribution is 2.14. The van der Waals surface area contributed by atoms with E-state index < -0.39 is 17.8 Å². The van der Waals surface area contributed by atoms with Gasteiger partial charge in [0.1, 0.15) is 0 Å². The monoisotopic (exact) mass is 188 g/mol. The van der Waals surface area contributed by atoms with Crippen LogP contribution in [0.1, 0.15) is 18.0 Å². The Morgan fingerprint density at radius 1 is 1.54 bits per heavy atom. The molecule has 5 heteroatoms. The van der Waals surface area contributed by atoms with Crippen molar-refractivity contribution in [3.05, 3.63) is 29.6 Å². The zero-order valence-corrected chi connectivity index (χ0v) is 6.87. The third-order valence-electron chi connectivity index (χ3n) is 1.69. The van der Waals surface area contributed by atoms with E-state index in [-0.39, 0.29) is 6.61 Å². The molecule has 0 radical (unpaired) electrons. The first kappa shape index (κ1) is 10.0. The van der Waals surface area contributed by atoms with Crippen molar-refractivity contribution in [2.24, 2.45) is 5.73 Å². The molecule has 3 N–H and O–H groups in total. The van der Waals surface area contributed by atoms with Crippen molar-refractivity contribution in [2.75, 3.05) is 6.61 Å². The van der Waals surface area contributed by atoms with Crippen molar-refractivity contribution < 1.29 is 13.9 Å². The number of nitrogens with two attached hydrogens (primary N) is 1. The van der Waals surface area contributed by atoms with Crippen LogP contribution >= 0.6 is 0 Å². The van der Waals surface area contributed by atoms with Crippen molar-refractivity contribution in [3.63, 3.8) is 0 Å². The maximum absolute atomic E-state index is 12.6. The van der Waals surface area contributed by atoms with Gasteiger partial charge in [-0.25, -0.2) is 9.37 Å². The predicted molar refractivity (Wildman–Crippen MR) is 42.8 cm³/mol. The lowest BCUT2D eigenvalue weighted by molar-refractivity contribution is 0.276. The Bertz CT molecular complexity index is 293. The summed E-state index contributed by atoms with van der Waals surface area (Å²) in [7, 11) is 0. The highest BCUT2D eigenvalue weighted by molar-refractivity contribution is 5.15. The SMILES string of the molecule is NC(CCO)c1cnc(F)c(F)c1. The second-order valence-electron chi connectivity index (χ2n) is 2.66. The molecule has 0 aliphatic carbocycles. The van der Waals surface area contributed by atoms with Crippen LogP contribution in [0.25, 0.3) is 0 Å². The Kier molecular flexibility index (Phi) is 3.27. The molecule has 1 heterocycles. The van der Waals surface area contributed by atoms with E-state index >= 15 is 0 Å². The van der Waals surface area contributed by atoms with Gasteiger partial charge in [0.05, 0.1) is 0 Å². The molecule has 1 rings (SSSR count). The van der Waals surface area contributed by atoms with Crippen LogP contribution in [0.5, 0.6) is 0 Å². The van der Waals surface area contributed by atoms with Crippen LogP contribution < -0.4 is 5.73 Å². The highest BCUT2D eigenvalue weighted by atomic mass is 19.2. The van der Waals surface area contributed by atoms with Gasteiger partial charge in [0, 0.05) is 18.8 Å². The van der Waals surface area contributed by atoms with Crippen LogP contribution in [0.15, 0.2) is 12.3 Å². The van der Waals surface area contributed by atoms with Gasteiger partial charge in [-0.1, -0.05) is 0 Å². The lowest BCUT2D eigenvalue weighted by Gasteiger charge is -2.09. The fourth-order valence-electron chi connectivity index (χ4n) is 0.945. The van der Waals surface area contributed by atoms with E-state index in [2.05, 4.69) is 4.98 Å². The third-order valence-corrected chi connectivity index (χ3v) is 1.69. The number of aromatic nitrogens is 1. The molecule has 0 bridgehead atoms. The fourth-order valence-corrected chi connectivity index (χ4v) is 0.945. The van der Waals surface area contributed by atoms with Crippen molar-refractivity contribution in [1.82, 2.24) is 4.98 Å². The summed E-state index contributed by atoms with van der Waals surface area (Å²) in [5.74, 6) is -2.16. The molecule has 1 atom stereocenters. The topological polar surface area (TPSA) is 59.1 Å². The number of hydrogen-bond acceptors (Lipinski definition) is 3. The molecule has 0 saturated carbocycles. The predicted octanol–water partition coefficient (Wildman–Crippen LogP) is 0.742. The molecule has 0 amide bonds. The van der Waals surface area contributed by atoms with Crippen molar-refractivity contribution >= 4 is 0 Å². The van der Waals surface area contributed by atoms with E-state index in [1.165, 1.54) is 6.20 Å². The number of hydrogen-bond donors (Lipinski definition) is 2. The van der Waals surface area contributed by atoms with Gasteiger partial charge in [0.15, 0.2) is 5.82 Å². The molecular formula is C8H10F2N2O. The van der Waals surface area contributed by atoms with Gasteiger partial charge in [0.2, 0.25) is 5.95 Å². The minimum atomic E-state index is -1.14. The van der Waals surface area contributed by atoms with E-state index in [1.807, 2.05) is 0 Å². The Morgan fingerprint density at radius 2 is 2.23 bits per heavy atom. The van der Waals surface area contributed by atoms with Crippen LogP contribution in [0.4, 0.5) is 8.78 Å². The number of aliphatic hydroxyl groups is 1. The molecule has 1 aromatic rings. The molecule has 3 nitrogen and oxygen atoms in total. The Morgan fingerprint density at radius 3 is 2.77 bits per heavy atom. The normalized spacial score (nSPS) is 12.9.